The molecule has 0 spiro atoms. The van der Waals surface area contributed by atoms with Crippen molar-refractivity contribution < 1.29 is 9.53 Å². The van der Waals surface area contributed by atoms with E-state index in [2.05, 4.69) is 15.3 Å². The van der Waals surface area contributed by atoms with E-state index in [9.17, 15) is 4.79 Å². The SMILES string of the molecule is Cc1nccc(OC2CCN(C(=O)NCc3cccs3)CC2)n1. The third-order valence-electron chi connectivity index (χ3n) is 3.76. The van der Waals surface area contributed by atoms with Crippen molar-refractivity contribution in [3.05, 3.63) is 40.5 Å². The summed E-state index contributed by atoms with van der Waals surface area (Å²) < 4.78 is 5.88. The fourth-order valence-electron chi connectivity index (χ4n) is 2.54. The molecular weight excluding hydrogens is 312 g/mol. The van der Waals surface area contributed by atoms with Crippen LogP contribution >= 0.6 is 11.3 Å². The Bertz CT molecular complexity index is 639. The van der Waals surface area contributed by atoms with Gasteiger partial charge in [-0.3, -0.25) is 0 Å². The van der Waals surface area contributed by atoms with Gasteiger partial charge in [-0.1, -0.05) is 6.07 Å². The van der Waals surface area contributed by atoms with Gasteiger partial charge in [0.05, 0.1) is 6.54 Å². The first-order chi connectivity index (χ1) is 11.2. The second kappa shape index (κ2) is 7.41. The molecule has 3 rings (SSSR count). The van der Waals surface area contributed by atoms with E-state index in [4.69, 9.17) is 4.74 Å². The number of aryl methyl sites for hydroxylation is 1. The monoisotopic (exact) mass is 332 g/mol. The maximum Gasteiger partial charge on any atom is 0.317 e. The Balaban J connectivity index is 1.43. The highest BCUT2D eigenvalue weighted by Gasteiger charge is 2.24. The molecular formula is C16H20N4O2S. The number of aromatic nitrogens is 2. The summed E-state index contributed by atoms with van der Waals surface area (Å²) >= 11 is 1.65. The van der Waals surface area contributed by atoms with Gasteiger partial charge in [-0.15, -0.1) is 11.3 Å². The van der Waals surface area contributed by atoms with Crippen LogP contribution < -0.4 is 10.1 Å². The van der Waals surface area contributed by atoms with Gasteiger partial charge in [0.25, 0.3) is 0 Å². The number of hydrogen-bond donors (Lipinski definition) is 1. The number of amides is 2. The molecule has 0 aromatic carbocycles. The van der Waals surface area contributed by atoms with Crippen molar-refractivity contribution in [3.8, 4) is 5.88 Å². The Labute approximate surface area is 139 Å². The molecule has 0 unspecified atom stereocenters. The maximum absolute atomic E-state index is 12.2. The molecule has 122 valence electrons. The molecule has 2 aromatic heterocycles. The van der Waals surface area contributed by atoms with Crippen molar-refractivity contribution >= 4 is 17.4 Å². The number of piperidine rings is 1. The van der Waals surface area contributed by atoms with Crippen LogP contribution in [-0.2, 0) is 6.54 Å². The smallest absolute Gasteiger partial charge is 0.317 e. The summed E-state index contributed by atoms with van der Waals surface area (Å²) in [4.78, 5) is 23.5. The highest BCUT2D eigenvalue weighted by Crippen LogP contribution is 2.17. The Kier molecular flexibility index (Phi) is 5.07. The molecule has 2 aromatic rings. The van der Waals surface area contributed by atoms with E-state index in [0.717, 1.165) is 17.7 Å². The van der Waals surface area contributed by atoms with Crippen LogP contribution in [0.25, 0.3) is 0 Å². The molecule has 7 heteroatoms. The van der Waals surface area contributed by atoms with Crippen LogP contribution in [-0.4, -0.2) is 40.1 Å². The number of carbonyl (C=O) groups is 1. The summed E-state index contributed by atoms with van der Waals surface area (Å²) in [6.45, 7) is 3.83. The van der Waals surface area contributed by atoms with Crippen LogP contribution in [0.2, 0.25) is 0 Å². The van der Waals surface area contributed by atoms with E-state index >= 15 is 0 Å². The summed E-state index contributed by atoms with van der Waals surface area (Å²) in [5.74, 6) is 1.31. The second-order valence-electron chi connectivity index (χ2n) is 5.48. The lowest BCUT2D eigenvalue weighted by atomic mass is 10.1. The number of ether oxygens (including phenoxy) is 1. The van der Waals surface area contributed by atoms with Gasteiger partial charge < -0.3 is 15.0 Å². The molecule has 0 atom stereocenters. The number of nitrogens with one attached hydrogen (secondary N) is 1. The highest BCUT2D eigenvalue weighted by atomic mass is 32.1. The zero-order valence-electron chi connectivity index (χ0n) is 13.1. The van der Waals surface area contributed by atoms with E-state index in [-0.39, 0.29) is 12.1 Å². The molecule has 1 fully saturated rings. The normalized spacial score (nSPS) is 15.4. The number of nitrogens with zero attached hydrogens (tertiary/aromatic N) is 3. The number of urea groups is 1. The van der Waals surface area contributed by atoms with E-state index < -0.39 is 0 Å². The Morgan fingerprint density at radius 2 is 2.26 bits per heavy atom. The van der Waals surface area contributed by atoms with Gasteiger partial charge in [-0.05, 0) is 18.4 Å². The lowest BCUT2D eigenvalue weighted by Gasteiger charge is -2.31. The molecule has 1 N–H and O–H groups in total. The molecule has 6 nitrogen and oxygen atoms in total. The van der Waals surface area contributed by atoms with Crippen molar-refractivity contribution in [1.29, 1.82) is 0 Å². The van der Waals surface area contributed by atoms with Crippen LogP contribution in [0.15, 0.2) is 29.8 Å². The first kappa shape index (κ1) is 15.7. The van der Waals surface area contributed by atoms with Crippen molar-refractivity contribution in [1.82, 2.24) is 20.2 Å². The van der Waals surface area contributed by atoms with Crippen LogP contribution in [0.5, 0.6) is 5.88 Å². The van der Waals surface area contributed by atoms with Crippen LogP contribution in [0, 0.1) is 6.92 Å². The number of carbonyl (C=O) groups excluding carboxylic acids is 1. The largest absolute Gasteiger partial charge is 0.474 e. The number of rotatable bonds is 4. The fraction of sp³-hybridized carbons (Fsp3) is 0.438. The summed E-state index contributed by atoms with van der Waals surface area (Å²) in [6, 6.07) is 5.78. The molecule has 0 bridgehead atoms. The maximum atomic E-state index is 12.2. The minimum Gasteiger partial charge on any atom is -0.474 e. The number of hydrogen-bond acceptors (Lipinski definition) is 5. The lowest BCUT2D eigenvalue weighted by molar-refractivity contribution is 0.107. The molecule has 1 aliphatic rings. The average molecular weight is 332 g/mol. The lowest BCUT2D eigenvalue weighted by Crippen LogP contribution is -2.46. The molecule has 0 saturated carbocycles. The van der Waals surface area contributed by atoms with Crippen molar-refractivity contribution in [2.24, 2.45) is 0 Å². The Morgan fingerprint density at radius 1 is 1.43 bits per heavy atom. The molecule has 3 heterocycles. The minimum atomic E-state index is -0.00488. The van der Waals surface area contributed by atoms with Crippen LogP contribution in [0.1, 0.15) is 23.5 Å². The third-order valence-corrected chi connectivity index (χ3v) is 4.64. The van der Waals surface area contributed by atoms with E-state index in [0.29, 0.717) is 31.3 Å². The quantitative estimate of drug-likeness (QED) is 0.934. The van der Waals surface area contributed by atoms with Gasteiger partial charge >= 0.3 is 6.03 Å². The van der Waals surface area contributed by atoms with E-state index in [1.165, 1.54) is 0 Å². The fourth-order valence-corrected chi connectivity index (χ4v) is 3.18. The van der Waals surface area contributed by atoms with Gasteiger partial charge in [0.15, 0.2) is 0 Å². The standard InChI is InChI=1S/C16H20N4O2S/c1-12-17-7-4-15(19-12)22-13-5-8-20(9-6-13)16(21)18-11-14-3-2-10-23-14/h2-4,7,10,13H,5-6,8-9,11H2,1H3,(H,18,21). The van der Waals surface area contributed by atoms with Gasteiger partial charge in [-0.25, -0.2) is 9.78 Å². The number of likely N-dealkylation sites (tertiary alicyclic amines) is 1. The second-order valence-corrected chi connectivity index (χ2v) is 6.52. The van der Waals surface area contributed by atoms with E-state index in [1.54, 1.807) is 23.6 Å². The predicted octanol–water partition coefficient (Wildman–Crippen LogP) is 2.60. The zero-order chi connectivity index (χ0) is 16.1. The molecule has 1 aliphatic heterocycles. The van der Waals surface area contributed by atoms with Gasteiger partial charge in [0.2, 0.25) is 5.88 Å². The van der Waals surface area contributed by atoms with Crippen LogP contribution in [0.3, 0.4) is 0 Å². The zero-order valence-corrected chi connectivity index (χ0v) is 13.9. The first-order valence-electron chi connectivity index (χ1n) is 7.72. The van der Waals surface area contributed by atoms with Gasteiger partial charge in [0.1, 0.15) is 11.9 Å². The van der Waals surface area contributed by atoms with Gasteiger partial charge in [0, 0.05) is 43.1 Å². The topological polar surface area (TPSA) is 67.3 Å². The summed E-state index contributed by atoms with van der Waals surface area (Å²) in [5.41, 5.74) is 0. The predicted molar refractivity (Wildman–Crippen MR) is 88.5 cm³/mol. The van der Waals surface area contributed by atoms with Crippen molar-refractivity contribution in [3.63, 3.8) is 0 Å². The first-order valence-corrected chi connectivity index (χ1v) is 8.60. The molecule has 1 saturated heterocycles. The van der Waals surface area contributed by atoms with Crippen molar-refractivity contribution in [2.75, 3.05) is 13.1 Å². The number of thiophene rings is 1. The third kappa shape index (κ3) is 4.41. The molecule has 0 radical (unpaired) electrons. The summed E-state index contributed by atoms with van der Waals surface area (Å²) in [6.07, 6.45) is 3.43. The minimum absolute atomic E-state index is 0.00488. The van der Waals surface area contributed by atoms with Crippen molar-refractivity contribution in [2.45, 2.75) is 32.4 Å². The Hall–Kier alpha value is -2.15. The molecule has 0 aliphatic carbocycles. The average Bonchev–Trinajstić information content (AvgIpc) is 3.07. The molecule has 2 amide bonds. The Morgan fingerprint density at radius 3 is 2.96 bits per heavy atom. The summed E-state index contributed by atoms with van der Waals surface area (Å²) in [7, 11) is 0. The van der Waals surface area contributed by atoms with Gasteiger partial charge in [-0.2, -0.15) is 4.98 Å². The molecule has 23 heavy (non-hydrogen) atoms. The highest BCUT2D eigenvalue weighted by molar-refractivity contribution is 7.09. The van der Waals surface area contributed by atoms with Crippen LogP contribution in [0.4, 0.5) is 4.79 Å². The summed E-state index contributed by atoms with van der Waals surface area (Å²) in [5, 5.41) is 4.98. The van der Waals surface area contributed by atoms with E-state index in [1.807, 2.05) is 29.3 Å².